The summed E-state index contributed by atoms with van der Waals surface area (Å²) in [4.78, 5) is 35.7. The molecule has 1 aliphatic rings. The van der Waals surface area contributed by atoms with Crippen LogP contribution < -0.4 is 10.1 Å². The number of ether oxygens (including phenoxy) is 1. The maximum atomic E-state index is 11.7. The predicted octanol–water partition coefficient (Wildman–Crippen LogP) is 0.893. The molecular formula is C16H20N2O4. The molecule has 0 atom stereocenters. The zero-order chi connectivity index (χ0) is 15.9. The van der Waals surface area contributed by atoms with Gasteiger partial charge >= 0.3 is 0 Å². The Balaban J connectivity index is 1.69. The minimum Gasteiger partial charge on any atom is -0.497 e. The van der Waals surface area contributed by atoms with E-state index in [0.29, 0.717) is 13.0 Å². The average molecular weight is 304 g/mol. The van der Waals surface area contributed by atoms with Crippen LogP contribution >= 0.6 is 0 Å². The van der Waals surface area contributed by atoms with Gasteiger partial charge in [-0.05, 0) is 24.1 Å². The van der Waals surface area contributed by atoms with Crippen molar-refractivity contribution in [2.75, 3.05) is 20.2 Å². The first kappa shape index (κ1) is 16.0. The van der Waals surface area contributed by atoms with Crippen LogP contribution in [0, 0.1) is 0 Å². The zero-order valence-electron chi connectivity index (χ0n) is 12.6. The minimum absolute atomic E-state index is 0.148. The van der Waals surface area contributed by atoms with E-state index < -0.39 is 0 Å². The fourth-order valence-corrected chi connectivity index (χ4v) is 2.35. The van der Waals surface area contributed by atoms with Crippen molar-refractivity contribution in [3.63, 3.8) is 0 Å². The van der Waals surface area contributed by atoms with Crippen LogP contribution in [0.1, 0.15) is 24.8 Å². The molecule has 1 aromatic rings. The predicted molar refractivity (Wildman–Crippen MR) is 80.3 cm³/mol. The Morgan fingerprint density at radius 2 is 2.00 bits per heavy atom. The van der Waals surface area contributed by atoms with E-state index in [1.165, 1.54) is 4.90 Å². The maximum absolute atomic E-state index is 11.7. The fourth-order valence-electron chi connectivity index (χ4n) is 2.35. The summed E-state index contributed by atoms with van der Waals surface area (Å²) in [5.74, 6) is 0.258. The zero-order valence-corrected chi connectivity index (χ0v) is 12.6. The van der Waals surface area contributed by atoms with Gasteiger partial charge in [-0.1, -0.05) is 12.1 Å². The summed E-state index contributed by atoms with van der Waals surface area (Å²) >= 11 is 0. The first-order chi connectivity index (χ1) is 10.6. The van der Waals surface area contributed by atoms with Crippen molar-refractivity contribution in [3.8, 4) is 5.75 Å². The molecular weight excluding hydrogens is 284 g/mol. The topological polar surface area (TPSA) is 75.7 Å². The molecule has 0 radical (unpaired) electrons. The van der Waals surface area contributed by atoms with Gasteiger partial charge in [-0.15, -0.1) is 0 Å². The van der Waals surface area contributed by atoms with Crippen molar-refractivity contribution in [1.29, 1.82) is 0 Å². The molecule has 0 bridgehead atoms. The third-order valence-electron chi connectivity index (χ3n) is 3.59. The number of amides is 3. The molecule has 1 fully saturated rings. The van der Waals surface area contributed by atoms with Crippen LogP contribution in [0.25, 0.3) is 0 Å². The number of likely N-dealkylation sites (tertiary alicyclic amines) is 1. The number of nitrogens with zero attached hydrogens (tertiary/aromatic N) is 1. The summed E-state index contributed by atoms with van der Waals surface area (Å²) in [5.41, 5.74) is 1.07. The van der Waals surface area contributed by atoms with E-state index in [9.17, 15) is 14.4 Å². The van der Waals surface area contributed by atoms with Crippen molar-refractivity contribution in [2.45, 2.75) is 25.7 Å². The highest BCUT2D eigenvalue weighted by molar-refractivity contribution is 6.02. The lowest BCUT2D eigenvalue weighted by Crippen LogP contribution is -2.34. The van der Waals surface area contributed by atoms with E-state index >= 15 is 0 Å². The maximum Gasteiger partial charge on any atom is 0.229 e. The van der Waals surface area contributed by atoms with Crippen LogP contribution in [0.5, 0.6) is 5.75 Å². The van der Waals surface area contributed by atoms with E-state index in [0.717, 1.165) is 11.3 Å². The van der Waals surface area contributed by atoms with Crippen LogP contribution in [0.2, 0.25) is 0 Å². The monoisotopic (exact) mass is 304 g/mol. The molecule has 6 nitrogen and oxygen atoms in total. The van der Waals surface area contributed by atoms with E-state index in [2.05, 4.69) is 5.32 Å². The van der Waals surface area contributed by atoms with E-state index in [1.807, 2.05) is 24.3 Å². The Bertz CT molecular complexity index is 555. The van der Waals surface area contributed by atoms with E-state index in [-0.39, 0.29) is 43.5 Å². The molecule has 3 amide bonds. The summed E-state index contributed by atoms with van der Waals surface area (Å²) in [6.45, 7) is 0.677. The first-order valence-electron chi connectivity index (χ1n) is 7.33. The van der Waals surface area contributed by atoms with E-state index in [4.69, 9.17) is 4.74 Å². The Morgan fingerprint density at radius 3 is 2.68 bits per heavy atom. The molecule has 0 saturated carbocycles. The lowest BCUT2D eigenvalue weighted by atomic mass is 10.1. The van der Waals surface area contributed by atoms with Crippen molar-refractivity contribution >= 4 is 17.7 Å². The largest absolute Gasteiger partial charge is 0.497 e. The number of methoxy groups -OCH3 is 1. The summed E-state index contributed by atoms with van der Waals surface area (Å²) in [6.07, 6.45) is 1.37. The number of carbonyl (C=O) groups is 3. The van der Waals surface area contributed by atoms with Crippen LogP contribution in [0.4, 0.5) is 0 Å². The van der Waals surface area contributed by atoms with Crippen LogP contribution in [0.3, 0.4) is 0 Å². The Morgan fingerprint density at radius 1 is 1.27 bits per heavy atom. The summed E-state index contributed by atoms with van der Waals surface area (Å²) in [5, 5.41) is 2.79. The molecule has 22 heavy (non-hydrogen) atoms. The lowest BCUT2D eigenvalue weighted by molar-refractivity contribution is -0.138. The third-order valence-corrected chi connectivity index (χ3v) is 3.59. The van der Waals surface area contributed by atoms with Gasteiger partial charge in [0, 0.05) is 32.4 Å². The molecule has 6 heteroatoms. The molecule has 0 spiro atoms. The van der Waals surface area contributed by atoms with Crippen LogP contribution in [-0.2, 0) is 20.8 Å². The lowest BCUT2D eigenvalue weighted by Gasteiger charge is -2.13. The second-order valence-electron chi connectivity index (χ2n) is 5.14. The van der Waals surface area contributed by atoms with Gasteiger partial charge in [-0.3, -0.25) is 19.3 Å². The molecule has 1 heterocycles. The molecule has 0 unspecified atom stereocenters. The van der Waals surface area contributed by atoms with Gasteiger partial charge in [0.25, 0.3) is 0 Å². The average Bonchev–Trinajstić information content (AvgIpc) is 2.84. The van der Waals surface area contributed by atoms with Gasteiger partial charge in [0.05, 0.1) is 7.11 Å². The molecule has 118 valence electrons. The molecule has 1 aliphatic heterocycles. The summed E-state index contributed by atoms with van der Waals surface area (Å²) in [7, 11) is 1.61. The SMILES string of the molecule is COc1cccc(CCNC(=O)CCN2C(=O)CCC2=O)c1. The molecule has 1 saturated heterocycles. The second-order valence-corrected chi connectivity index (χ2v) is 5.14. The highest BCUT2D eigenvalue weighted by Crippen LogP contribution is 2.13. The summed E-state index contributed by atoms with van der Waals surface area (Å²) in [6, 6.07) is 7.66. The summed E-state index contributed by atoms with van der Waals surface area (Å²) < 4.78 is 5.14. The molecule has 0 aliphatic carbocycles. The normalized spacial score (nSPS) is 14.3. The number of hydrogen-bond donors (Lipinski definition) is 1. The van der Waals surface area contributed by atoms with Crippen LogP contribution in [0.15, 0.2) is 24.3 Å². The number of nitrogens with one attached hydrogen (secondary N) is 1. The van der Waals surface area contributed by atoms with Gasteiger partial charge in [-0.25, -0.2) is 0 Å². The first-order valence-corrected chi connectivity index (χ1v) is 7.33. The molecule has 2 rings (SSSR count). The highest BCUT2D eigenvalue weighted by Gasteiger charge is 2.28. The smallest absolute Gasteiger partial charge is 0.229 e. The molecule has 1 aromatic carbocycles. The fraction of sp³-hybridized carbons (Fsp3) is 0.438. The van der Waals surface area contributed by atoms with Crippen molar-refractivity contribution < 1.29 is 19.1 Å². The molecule has 1 N–H and O–H groups in total. The Hall–Kier alpha value is -2.37. The number of rotatable bonds is 7. The van der Waals surface area contributed by atoms with Crippen molar-refractivity contribution in [1.82, 2.24) is 10.2 Å². The number of hydrogen-bond acceptors (Lipinski definition) is 4. The van der Waals surface area contributed by atoms with Crippen molar-refractivity contribution in [2.24, 2.45) is 0 Å². The molecule has 0 aromatic heterocycles. The standard InChI is InChI=1S/C16H20N2O4/c1-22-13-4-2-3-12(11-13)7-9-17-14(19)8-10-18-15(20)5-6-16(18)21/h2-4,11H,5-10H2,1H3,(H,17,19). The third kappa shape index (κ3) is 4.31. The van der Waals surface area contributed by atoms with Gasteiger partial charge in [0.2, 0.25) is 17.7 Å². The minimum atomic E-state index is -0.186. The number of benzene rings is 1. The Labute approximate surface area is 129 Å². The highest BCUT2D eigenvalue weighted by atomic mass is 16.5. The van der Waals surface area contributed by atoms with Gasteiger partial charge in [0.15, 0.2) is 0 Å². The van der Waals surface area contributed by atoms with Crippen LogP contribution in [-0.4, -0.2) is 42.8 Å². The Kier molecular flexibility index (Phi) is 5.52. The van der Waals surface area contributed by atoms with Gasteiger partial charge in [-0.2, -0.15) is 0 Å². The van der Waals surface area contributed by atoms with Gasteiger partial charge < -0.3 is 10.1 Å². The van der Waals surface area contributed by atoms with Gasteiger partial charge in [0.1, 0.15) is 5.75 Å². The quantitative estimate of drug-likeness (QED) is 0.759. The number of carbonyl (C=O) groups excluding carboxylic acids is 3. The second kappa shape index (κ2) is 7.59. The van der Waals surface area contributed by atoms with Crippen molar-refractivity contribution in [3.05, 3.63) is 29.8 Å². The van der Waals surface area contributed by atoms with E-state index in [1.54, 1.807) is 7.11 Å². The number of imide groups is 1.